The molecular weight excluding hydrogens is 289 g/mol. The van der Waals surface area contributed by atoms with E-state index >= 15 is 0 Å². The van der Waals surface area contributed by atoms with Crippen LogP contribution in [0, 0.1) is 18.7 Å². The zero-order valence-corrected chi connectivity index (χ0v) is 12.7. The van der Waals surface area contributed by atoms with Gasteiger partial charge in [0.1, 0.15) is 17.6 Å². The number of carbonyl (C=O) groups excluding carboxylic acids is 1. The molecule has 1 aromatic rings. The highest BCUT2D eigenvalue weighted by molar-refractivity contribution is 5.85. The molecule has 0 saturated carbocycles. The Morgan fingerprint density at radius 2 is 2.23 bits per heavy atom. The molecule has 22 heavy (non-hydrogen) atoms. The number of carbonyl (C=O) groups is 2. The highest BCUT2D eigenvalue weighted by atomic mass is 19.1. The summed E-state index contributed by atoms with van der Waals surface area (Å²) in [7, 11) is 0. The van der Waals surface area contributed by atoms with Crippen molar-refractivity contribution in [1.82, 2.24) is 4.90 Å². The Hall–Kier alpha value is -2.11. The molecule has 0 spiro atoms. The average Bonchev–Trinajstić information content (AvgIpc) is 2.97. The number of ether oxygens (including phenoxy) is 1. The van der Waals surface area contributed by atoms with Crippen LogP contribution >= 0.6 is 0 Å². The van der Waals surface area contributed by atoms with Gasteiger partial charge in [0.25, 0.3) is 0 Å². The third-order valence-electron chi connectivity index (χ3n) is 3.89. The van der Waals surface area contributed by atoms with Gasteiger partial charge < -0.3 is 14.7 Å². The summed E-state index contributed by atoms with van der Waals surface area (Å²) in [5.41, 5.74) is 0.526. The lowest BCUT2D eigenvalue weighted by atomic mass is 10.1. The van der Waals surface area contributed by atoms with E-state index in [1.54, 1.807) is 26.0 Å². The van der Waals surface area contributed by atoms with Crippen LogP contribution in [0.15, 0.2) is 18.2 Å². The summed E-state index contributed by atoms with van der Waals surface area (Å²) < 4.78 is 18.9. The lowest BCUT2D eigenvalue weighted by Crippen LogP contribution is -2.44. The van der Waals surface area contributed by atoms with Crippen molar-refractivity contribution in [3.8, 4) is 5.75 Å². The standard InChI is InChI=1S/C16H20FNO4/c1-10-5-6-12(8-13(10)17)22-9-11(2)15(19)18-7-3-4-14(18)16(20)21/h5-6,8,11,14H,3-4,7,9H2,1-2H3,(H,20,21). The van der Waals surface area contributed by atoms with Gasteiger partial charge in [-0.3, -0.25) is 4.79 Å². The van der Waals surface area contributed by atoms with Gasteiger partial charge in [-0.05, 0) is 31.4 Å². The number of carboxylic acid groups (broad SMARTS) is 1. The second-order valence-electron chi connectivity index (χ2n) is 5.65. The third-order valence-corrected chi connectivity index (χ3v) is 3.89. The highest BCUT2D eigenvalue weighted by Crippen LogP contribution is 2.21. The van der Waals surface area contributed by atoms with Gasteiger partial charge in [0.15, 0.2) is 0 Å². The largest absolute Gasteiger partial charge is 0.493 e. The van der Waals surface area contributed by atoms with Crippen molar-refractivity contribution < 1.29 is 23.8 Å². The van der Waals surface area contributed by atoms with Crippen LogP contribution in [0.1, 0.15) is 25.3 Å². The Bertz CT molecular complexity index is 575. The van der Waals surface area contributed by atoms with Crippen molar-refractivity contribution >= 4 is 11.9 Å². The van der Waals surface area contributed by atoms with Crippen molar-refractivity contribution in [1.29, 1.82) is 0 Å². The molecule has 1 aliphatic rings. The first-order valence-electron chi connectivity index (χ1n) is 7.32. The van der Waals surface area contributed by atoms with E-state index in [0.29, 0.717) is 30.7 Å². The molecular formula is C16H20FNO4. The van der Waals surface area contributed by atoms with Crippen LogP contribution in [-0.2, 0) is 9.59 Å². The molecule has 1 aromatic carbocycles. The maximum absolute atomic E-state index is 13.4. The number of likely N-dealkylation sites (tertiary alicyclic amines) is 1. The smallest absolute Gasteiger partial charge is 0.326 e. The van der Waals surface area contributed by atoms with E-state index in [-0.39, 0.29) is 18.3 Å². The maximum atomic E-state index is 13.4. The van der Waals surface area contributed by atoms with Crippen molar-refractivity contribution in [2.24, 2.45) is 5.92 Å². The number of aliphatic carboxylic acids is 1. The lowest BCUT2D eigenvalue weighted by molar-refractivity contribution is -0.150. The van der Waals surface area contributed by atoms with Gasteiger partial charge in [-0.15, -0.1) is 0 Å². The SMILES string of the molecule is Cc1ccc(OCC(C)C(=O)N2CCCC2C(=O)O)cc1F. The number of carboxylic acids is 1. The number of benzene rings is 1. The number of nitrogens with zero attached hydrogens (tertiary/aromatic N) is 1. The molecule has 0 bridgehead atoms. The van der Waals surface area contributed by atoms with Crippen molar-refractivity contribution in [2.75, 3.05) is 13.2 Å². The molecule has 120 valence electrons. The predicted molar refractivity (Wildman–Crippen MR) is 78.2 cm³/mol. The zero-order chi connectivity index (χ0) is 16.3. The van der Waals surface area contributed by atoms with E-state index in [9.17, 15) is 14.0 Å². The molecule has 0 aliphatic carbocycles. The number of halogens is 1. The Balaban J connectivity index is 1.93. The Kier molecular flexibility index (Phi) is 5.00. The Morgan fingerprint density at radius 1 is 1.50 bits per heavy atom. The Labute approximate surface area is 128 Å². The van der Waals surface area contributed by atoms with Crippen LogP contribution in [0.3, 0.4) is 0 Å². The van der Waals surface area contributed by atoms with Crippen molar-refractivity contribution in [2.45, 2.75) is 32.7 Å². The number of aryl methyl sites for hydroxylation is 1. The minimum atomic E-state index is -0.973. The van der Waals surface area contributed by atoms with Gasteiger partial charge in [0, 0.05) is 12.6 Å². The molecule has 2 atom stereocenters. The second kappa shape index (κ2) is 6.77. The molecule has 1 heterocycles. The molecule has 2 unspecified atom stereocenters. The van der Waals surface area contributed by atoms with E-state index in [1.165, 1.54) is 11.0 Å². The van der Waals surface area contributed by atoms with Crippen molar-refractivity contribution in [3.63, 3.8) is 0 Å². The summed E-state index contributed by atoms with van der Waals surface area (Å²) in [6.07, 6.45) is 1.18. The molecule has 1 N–H and O–H groups in total. The number of hydrogen-bond donors (Lipinski definition) is 1. The van der Waals surface area contributed by atoms with Gasteiger partial charge in [0.05, 0.1) is 12.5 Å². The first-order chi connectivity index (χ1) is 10.4. The normalized spacial score (nSPS) is 19.0. The zero-order valence-electron chi connectivity index (χ0n) is 12.7. The van der Waals surface area contributed by atoms with Crippen LogP contribution in [0.25, 0.3) is 0 Å². The minimum absolute atomic E-state index is 0.0875. The van der Waals surface area contributed by atoms with Gasteiger partial charge in [0.2, 0.25) is 5.91 Å². The molecule has 1 amide bonds. The molecule has 1 fully saturated rings. The molecule has 2 rings (SSSR count). The van der Waals surface area contributed by atoms with Crippen LogP contribution in [0.4, 0.5) is 4.39 Å². The Morgan fingerprint density at radius 3 is 2.86 bits per heavy atom. The van der Waals surface area contributed by atoms with Gasteiger partial charge >= 0.3 is 5.97 Å². The van der Waals surface area contributed by atoms with E-state index < -0.39 is 17.9 Å². The molecule has 5 nitrogen and oxygen atoms in total. The van der Waals surface area contributed by atoms with Crippen LogP contribution < -0.4 is 4.74 Å². The second-order valence-corrected chi connectivity index (χ2v) is 5.65. The third kappa shape index (κ3) is 3.55. The highest BCUT2D eigenvalue weighted by Gasteiger charge is 2.35. The minimum Gasteiger partial charge on any atom is -0.493 e. The molecule has 6 heteroatoms. The van der Waals surface area contributed by atoms with Crippen LogP contribution in [0.2, 0.25) is 0 Å². The summed E-state index contributed by atoms with van der Waals surface area (Å²) in [4.78, 5) is 24.8. The fraction of sp³-hybridized carbons (Fsp3) is 0.500. The molecule has 1 saturated heterocycles. The summed E-state index contributed by atoms with van der Waals surface area (Å²) in [6.45, 7) is 3.89. The topological polar surface area (TPSA) is 66.8 Å². The quantitative estimate of drug-likeness (QED) is 0.905. The fourth-order valence-electron chi connectivity index (χ4n) is 2.53. The first kappa shape index (κ1) is 16.3. The molecule has 0 aromatic heterocycles. The lowest BCUT2D eigenvalue weighted by Gasteiger charge is -2.25. The summed E-state index contributed by atoms with van der Waals surface area (Å²) in [5, 5.41) is 9.11. The average molecular weight is 309 g/mol. The molecule has 1 aliphatic heterocycles. The van der Waals surface area contributed by atoms with Gasteiger partial charge in [-0.2, -0.15) is 0 Å². The van der Waals surface area contributed by atoms with E-state index in [0.717, 1.165) is 0 Å². The monoisotopic (exact) mass is 309 g/mol. The summed E-state index contributed by atoms with van der Waals surface area (Å²) in [6, 6.07) is 3.79. The number of amides is 1. The van der Waals surface area contributed by atoms with Crippen LogP contribution in [-0.4, -0.2) is 41.1 Å². The predicted octanol–water partition coefficient (Wildman–Crippen LogP) is 2.22. The first-order valence-corrected chi connectivity index (χ1v) is 7.32. The maximum Gasteiger partial charge on any atom is 0.326 e. The van der Waals surface area contributed by atoms with E-state index in [2.05, 4.69) is 0 Å². The van der Waals surface area contributed by atoms with Gasteiger partial charge in [-0.1, -0.05) is 13.0 Å². The fourth-order valence-corrected chi connectivity index (χ4v) is 2.53. The number of rotatable bonds is 5. The summed E-state index contributed by atoms with van der Waals surface area (Å²) in [5.74, 6) is -1.69. The summed E-state index contributed by atoms with van der Waals surface area (Å²) >= 11 is 0. The number of hydrogen-bond acceptors (Lipinski definition) is 3. The van der Waals surface area contributed by atoms with E-state index in [1.807, 2.05) is 0 Å². The van der Waals surface area contributed by atoms with Gasteiger partial charge in [-0.25, -0.2) is 9.18 Å². The molecule has 0 radical (unpaired) electrons. The van der Waals surface area contributed by atoms with Crippen LogP contribution in [0.5, 0.6) is 5.75 Å². The van der Waals surface area contributed by atoms with Crippen molar-refractivity contribution in [3.05, 3.63) is 29.6 Å². The van der Waals surface area contributed by atoms with E-state index in [4.69, 9.17) is 9.84 Å².